The Morgan fingerprint density at radius 3 is 2.58 bits per heavy atom. The molecule has 1 unspecified atom stereocenters. The van der Waals surface area contributed by atoms with Crippen LogP contribution in [0.15, 0.2) is 42.5 Å². The maximum absolute atomic E-state index is 13.7. The van der Waals surface area contributed by atoms with Crippen LogP contribution in [0.1, 0.15) is 12.8 Å². The number of rotatable bonds is 7. The molecule has 3 heterocycles. The number of aromatic nitrogens is 1. The first-order valence-corrected chi connectivity index (χ1v) is 12.5. The lowest BCUT2D eigenvalue weighted by Gasteiger charge is -2.28. The van der Waals surface area contributed by atoms with Crippen LogP contribution >= 0.6 is 23.7 Å². The van der Waals surface area contributed by atoms with Crippen molar-refractivity contribution in [1.29, 1.82) is 0 Å². The summed E-state index contributed by atoms with van der Waals surface area (Å²) in [6.07, 6.45) is 0.814. The van der Waals surface area contributed by atoms with Crippen LogP contribution in [0.5, 0.6) is 0 Å². The molecule has 0 N–H and O–H groups in total. The third-order valence-corrected chi connectivity index (χ3v) is 7.45. The molecule has 2 fully saturated rings. The molecule has 2 aromatic carbocycles. The van der Waals surface area contributed by atoms with Gasteiger partial charge in [0.05, 0.1) is 29.3 Å². The zero-order chi connectivity index (χ0) is 24.4. The van der Waals surface area contributed by atoms with Gasteiger partial charge in [0.2, 0.25) is 11.8 Å². The number of amides is 2. The summed E-state index contributed by atoms with van der Waals surface area (Å²) < 4.78 is 33.2. The van der Waals surface area contributed by atoms with E-state index in [0.29, 0.717) is 40.8 Å². The molecule has 11 heteroatoms. The van der Waals surface area contributed by atoms with E-state index in [-0.39, 0.29) is 48.8 Å². The first-order chi connectivity index (χ1) is 17.0. The molecule has 36 heavy (non-hydrogen) atoms. The van der Waals surface area contributed by atoms with E-state index in [1.807, 2.05) is 0 Å². The van der Waals surface area contributed by atoms with Crippen molar-refractivity contribution in [3.63, 3.8) is 0 Å². The molecular formula is C25H27ClF2N4O3S. The predicted octanol–water partition coefficient (Wildman–Crippen LogP) is 4.10. The van der Waals surface area contributed by atoms with Gasteiger partial charge in [-0.1, -0.05) is 11.3 Å². The van der Waals surface area contributed by atoms with Crippen LogP contribution in [0.25, 0.3) is 10.2 Å². The monoisotopic (exact) mass is 536 g/mol. The van der Waals surface area contributed by atoms with Crippen molar-refractivity contribution in [1.82, 2.24) is 9.88 Å². The molecule has 5 rings (SSSR count). The lowest BCUT2D eigenvalue weighted by atomic mass is 10.1. The third-order valence-electron chi connectivity index (χ3n) is 6.41. The van der Waals surface area contributed by atoms with Gasteiger partial charge in [-0.25, -0.2) is 13.8 Å². The van der Waals surface area contributed by atoms with Gasteiger partial charge in [0.15, 0.2) is 5.13 Å². The molecule has 0 radical (unpaired) electrons. The summed E-state index contributed by atoms with van der Waals surface area (Å²) in [7, 11) is 0. The molecule has 2 amide bonds. The van der Waals surface area contributed by atoms with E-state index in [0.717, 1.165) is 26.1 Å². The summed E-state index contributed by atoms with van der Waals surface area (Å²) in [6.45, 7) is 4.61. The van der Waals surface area contributed by atoms with Crippen molar-refractivity contribution in [2.75, 3.05) is 55.7 Å². The average molecular weight is 537 g/mol. The van der Waals surface area contributed by atoms with Crippen LogP contribution in [-0.4, -0.2) is 67.6 Å². The summed E-state index contributed by atoms with van der Waals surface area (Å²) >= 11 is 1.27. The number of ether oxygens (including phenoxy) is 1. The molecule has 192 valence electrons. The highest BCUT2D eigenvalue weighted by atomic mass is 35.5. The van der Waals surface area contributed by atoms with Gasteiger partial charge in [0.1, 0.15) is 11.6 Å². The topological polar surface area (TPSA) is 66.0 Å². The molecule has 0 spiro atoms. The normalized spacial score (nSPS) is 18.4. The van der Waals surface area contributed by atoms with Crippen LogP contribution in [-0.2, 0) is 14.3 Å². The van der Waals surface area contributed by atoms with Crippen LogP contribution in [0.3, 0.4) is 0 Å². The lowest BCUT2D eigenvalue weighted by Crippen LogP contribution is -2.41. The maximum atomic E-state index is 13.7. The molecule has 1 aromatic heterocycles. The first-order valence-electron chi connectivity index (χ1n) is 11.7. The SMILES string of the molecule is Cl.O=C1CC(C(=O)N(CCCN2CCOCC2)c2nc3ccc(F)cc3s2)CN1c1ccc(F)cc1. The molecule has 0 bridgehead atoms. The molecule has 0 aliphatic carbocycles. The van der Waals surface area contributed by atoms with Gasteiger partial charge in [0, 0.05) is 44.8 Å². The average Bonchev–Trinajstić information content (AvgIpc) is 3.45. The fourth-order valence-corrected chi connectivity index (χ4v) is 5.56. The number of hydrogen-bond donors (Lipinski definition) is 0. The Morgan fingerprint density at radius 2 is 1.83 bits per heavy atom. The van der Waals surface area contributed by atoms with Crippen molar-refractivity contribution >= 4 is 56.6 Å². The molecule has 0 saturated carbocycles. The van der Waals surface area contributed by atoms with Gasteiger partial charge in [0.25, 0.3) is 0 Å². The Balaban J connectivity index is 0.00000304. The number of carbonyl (C=O) groups excluding carboxylic acids is 2. The Bertz CT molecular complexity index is 1220. The van der Waals surface area contributed by atoms with E-state index in [2.05, 4.69) is 9.88 Å². The molecule has 2 aliphatic heterocycles. The van der Waals surface area contributed by atoms with Gasteiger partial charge >= 0.3 is 0 Å². The molecule has 3 aromatic rings. The van der Waals surface area contributed by atoms with Gasteiger partial charge in [-0.05, 0) is 48.9 Å². The number of hydrogen-bond acceptors (Lipinski definition) is 6. The Kier molecular flexibility index (Phi) is 8.50. The first kappa shape index (κ1) is 26.4. The molecule has 1 atom stereocenters. The Morgan fingerprint density at radius 1 is 1.11 bits per heavy atom. The van der Waals surface area contributed by atoms with Crippen molar-refractivity contribution in [3.8, 4) is 0 Å². The van der Waals surface area contributed by atoms with E-state index < -0.39 is 5.92 Å². The molecule has 2 saturated heterocycles. The zero-order valence-corrected chi connectivity index (χ0v) is 21.2. The maximum Gasteiger partial charge on any atom is 0.234 e. The highest BCUT2D eigenvalue weighted by molar-refractivity contribution is 7.22. The van der Waals surface area contributed by atoms with E-state index in [9.17, 15) is 18.4 Å². The zero-order valence-electron chi connectivity index (χ0n) is 19.6. The van der Waals surface area contributed by atoms with Crippen LogP contribution in [0.2, 0.25) is 0 Å². The van der Waals surface area contributed by atoms with Gasteiger partial charge in [-0.2, -0.15) is 0 Å². The summed E-state index contributed by atoms with van der Waals surface area (Å²) in [5, 5.41) is 0.505. The van der Waals surface area contributed by atoms with Gasteiger partial charge in [-0.3, -0.25) is 19.4 Å². The standard InChI is InChI=1S/C25H26F2N4O3S.ClH/c26-18-2-5-20(6-3-18)31-16-17(14-23(31)32)24(33)30(9-1-8-29-10-12-34-13-11-29)25-28-21-7-4-19(27)15-22(21)35-25;/h2-7,15,17H,1,8-14,16H2;1H. The number of benzene rings is 2. The van der Waals surface area contributed by atoms with Crippen molar-refractivity contribution in [3.05, 3.63) is 54.1 Å². The lowest BCUT2D eigenvalue weighted by molar-refractivity contribution is -0.124. The van der Waals surface area contributed by atoms with E-state index in [1.54, 1.807) is 23.1 Å². The molecule has 7 nitrogen and oxygen atoms in total. The van der Waals surface area contributed by atoms with E-state index >= 15 is 0 Å². The number of thiazole rings is 1. The largest absolute Gasteiger partial charge is 0.379 e. The third kappa shape index (κ3) is 5.83. The van der Waals surface area contributed by atoms with Crippen LogP contribution in [0, 0.1) is 17.6 Å². The smallest absolute Gasteiger partial charge is 0.234 e. The number of nitrogens with zero attached hydrogens (tertiary/aromatic N) is 4. The summed E-state index contributed by atoms with van der Waals surface area (Å²) in [5.41, 5.74) is 1.20. The number of fused-ring (bicyclic) bond motifs is 1. The minimum absolute atomic E-state index is 0. The minimum Gasteiger partial charge on any atom is -0.379 e. The van der Waals surface area contributed by atoms with E-state index in [4.69, 9.17) is 4.74 Å². The van der Waals surface area contributed by atoms with Crippen LogP contribution < -0.4 is 9.80 Å². The summed E-state index contributed by atoms with van der Waals surface area (Å²) in [4.78, 5) is 36.5. The van der Waals surface area contributed by atoms with Crippen LogP contribution in [0.4, 0.5) is 19.6 Å². The second kappa shape index (κ2) is 11.6. The minimum atomic E-state index is -0.542. The highest BCUT2D eigenvalue weighted by Gasteiger charge is 2.38. The second-order valence-electron chi connectivity index (χ2n) is 8.79. The van der Waals surface area contributed by atoms with Gasteiger partial charge < -0.3 is 9.64 Å². The number of anilines is 2. The van der Waals surface area contributed by atoms with Gasteiger partial charge in [-0.15, -0.1) is 12.4 Å². The molecular weight excluding hydrogens is 510 g/mol. The van der Waals surface area contributed by atoms with Crippen molar-refractivity contribution < 1.29 is 23.1 Å². The summed E-state index contributed by atoms with van der Waals surface area (Å²) in [5.74, 6) is -1.63. The van der Waals surface area contributed by atoms with E-state index in [1.165, 1.54) is 40.5 Å². The fraction of sp³-hybridized carbons (Fsp3) is 0.400. The Hall–Kier alpha value is -2.66. The Labute approximate surface area is 218 Å². The predicted molar refractivity (Wildman–Crippen MR) is 138 cm³/mol. The molecule has 2 aliphatic rings. The number of halogens is 3. The fourth-order valence-electron chi connectivity index (χ4n) is 4.54. The highest BCUT2D eigenvalue weighted by Crippen LogP contribution is 2.33. The second-order valence-corrected chi connectivity index (χ2v) is 9.80. The van der Waals surface area contributed by atoms with Crippen molar-refractivity contribution in [2.45, 2.75) is 12.8 Å². The number of carbonyl (C=O) groups is 2. The quantitative estimate of drug-likeness (QED) is 0.455. The van der Waals surface area contributed by atoms with Crippen molar-refractivity contribution in [2.24, 2.45) is 5.92 Å². The summed E-state index contributed by atoms with van der Waals surface area (Å²) in [6, 6.07) is 10.1. The number of morpholine rings is 1.